The van der Waals surface area contributed by atoms with E-state index in [1.54, 1.807) is 25.1 Å². The van der Waals surface area contributed by atoms with E-state index >= 15 is 0 Å². The molecule has 0 saturated carbocycles. The van der Waals surface area contributed by atoms with Gasteiger partial charge in [0.15, 0.2) is 0 Å². The van der Waals surface area contributed by atoms with E-state index in [0.29, 0.717) is 53.5 Å². The number of hydrogen-bond acceptors (Lipinski definition) is 5. The zero-order chi connectivity index (χ0) is 19.9. The van der Waals surface area contributed by atoms with Gasteiger partial charge in [-0.2, -0.15) is 0 Å². The summed E-state index contributed by atoms with van der Waals surface area (Å²) in [6.45, 7) is 3.64. The molecule has 1 saturated heterocycles. The normalized spacial score (nSPS) is 15.2. The van der Waals surface area contributed by atoms with Crippen molar-refractivity contribution in [1.29, 1.82) is 0 Å². The highest BCUT2D eigenvalue weighted by Crippen LogP contribution is 2.37. The van der Waals surface area contributed by atoms with Crippen molar-refractivity contribution in [2.75, 3.05) is 31.2 Å². The first-order valence-corrected chi connectivity index (χ1v) is 10.7. The minimum absolute atomic E-state index is 0.0346. The average molecular weight is 421 g/mol. The van der Waals surface area contributed by atoms with Gasteiger partial charge in [-0.3, -0.25) is 4.98 Å². The Morgan fingerprint density at radius 1 is 1.14 bits per heavy atom. The number of anilines is 1. The highest BCUT2D eigenvalue weighted by molar-refractivity contribution is 7.91. The van der Waals surface area contributed by atoms with Crippen LogP contribution in [-0.2, 0) is 14.6 Å². The number of fused-ring (bicyclic) bond motifs is 1. The van der Waals surface area contributed by atoms with Crippen molar-refractivity contribution >= 4 is 38.0 Å². The summed E-state index contributed by atoms with van der Waals surface area (Å²) in [7, 11) is -3.99. The number of pyridine rings is 1. The van der Waals surface area contributed by atoms with Crippen LogP contribution in [0.2, 0.25) is 5.02 Å². The molecule has 0 N–H and O–H groups in total. The first kappa shape index (κ1) is 19.1. The molecule has 8 heteroatoms. The molecule has 2 aromatic carbocycles. The Bertz CT molecular complexity index is 1160. The molecule has 2 heterocycles. The molecule has 1 fully saturated rings. The molecule has 3 aromatic rings. The zero-order valence-corrected chi connectivity index (χ0v) is 16.7. The van der Waals surface area contributed by atoms with Crippen molar-refractivity contribution < 1.29 is 17.5 Å². The van der Waals surface area contributed by atoms with Crippen molar-refractivity contribution in [3.05, 3.63) is 59.0 Å². The lowest BCUT2D eigenvalue weighted by Gasteiger charge is -2.31. The largest absolute Gasteiger partial charge is 0.378 e. The van der Waals surface area contributed by atoms with Crippen LogP contribution in [0, 0.1) is 12.7 Å². The fourth-order valence-corrected chi connectivity index (χ4v) is 4.93. The molecule has 28 heavy (non-hydrogen) atoms. The maximum absolute atomic E-state index is 14.1. The third-order valence-corrected chi connectivity index (χ3v) is 6.83. The molecule has 5 nitrogen and oxygen atoms in total. The zero-order valence-electron chi connectivity index (χ0n) is 15.2. The lowest BCUT2D eigenvalue weighted by molar-refractivity contribution is 0.122. The molecule has 0 unspecified atom stereocenters. The van der Waals surface area contributed by atoms with E-state index in [0.717, 1.165) is 6.07 Å². The van der Waals surface area contributed by atoms with Gasteiger partial charge in [0.25, 0.3) is 0 Å². The quantitative estimate of drug-likeness (QED) is 0.640. The molecule has 1 aliphatic heterocycles. The van der Waals surface area contributed by atoms with Crippen molar-refractivity contribution in [2.45, 2.75) is 16.7 Å². The van der Waals surface area contributed by atoms with Crippen molar-refractivity contribution in [1.82, 2.24) is 4.98 Å². The van der Waals surface area contributed by atoms with E-state index in [4.69, 9.17) is 16.3 Å². The second-order valence-electron chi connectivity index (χ2n) is 6.65. The predicted octanol–water partition coefficient (Wildman–Crippen LogP) is 4.01. The number of hydrogen-bond donors (Lipinski definition) is 0. The highest BCUT2D eigenvalue weighted by atomic mass is 35.5. The van der Waals surface area contributed by atoms with E-state index in [9.17, 15) is 12.8 Å². The SMILES string of the molecule is Cc1ccc(S(=O)(=O)c2cnc3ccc(Cl)cc3c2N2CCOCC2)cc1F. The number of morpholine rings is 1. The minimum atomic E-state index is -3.99. The molecule has 0 amide bonds. The van der Waals surface area contributed by atoms with Gasteiger partial charge >= 0.3 is 0 Å². The summed E-state index contributed by atoms with van der Waals surface area (Å²) in [4.78, 5) is 6.21. The number of ether oxygens (including phenoxy) is 1. The average Bonchev–Trinajstić information content (AvgIpc) is 2.69. The van der Waals surface area contributed by atoms with Crippen LogP contribution < -0.4 is 4.90 Å². The van der Waals surface area contributed by atoms with Gasteiger partial charge in [0.2, 0.25) is 9.84 Å². The summed E-state index contributed by atoms with van der Waals surface area (Å²) in [6, 6.07) is 9.10. The van der Waals surface area contributed by atoms with Crippen molar-refractivity contribution in [2.24, 2.45) is 0 Å². The van der Waals surface area contributed by atoms with Crippen LogP contribution in [-0.4, -0.2) is 39.7 Å². The highest BCUT2D eigenvalue weighted by Gasteiger charge is 2.28. The third kappa shape index (κ3) is 3.34. The maximum atomic E-state index is 14.1. The lowest BCUT2D eigenvalue weighted by Crippen LogP contribution is -2.37. The van der Waals surface area contributed by atoms with Crippen LogP contribution in [0.15, 0.2) is 52.4 Å². The predicted molar refractivity (Wildman–Crippen MR) is 106 cm³/mol. The number of aryl methyl sites for hydroxylation is 1. The molecular formula is C20H18ClFN2O3S. The topological polar surface area (TPSA) is 59.5 Å². The van der Waals surface area contributed by atoms with Crippen LogP contribution in [0.25, 0.3) is 10.9 Å². The summed E-state index contributed by atoms with van der Waals surface area (Å²) < 4.78 is 46.3. The van der Waals surface area contributed by atoms with E-state index in [1.807, 2.05) is 4.90 Å². The van der Waals surface area contributed by atoms with Crippen LogP contribution in [0.4, 0.5) is 10.1 Å². The Kier molecular flexibility index (Phi) is 4.99. The Morgan fingerprint density at radius 3 is 2.61 bits per heavy atom. The van der Waals surface area contributed by atoms with Crippen LogP contribution in [0.3, 0.4) is 0 Å². The van der Waals surface area contributed by atoms with Crippen LogP contribution >= 0.6 is 11.6 Å². The van der Waals surface area contributed by atoms with Crippen molar-refractivity contribution in [3.63, 3.8) is 0 Å². The summed E-state index contributed by atoms with van der Waals surface area (Å²) in [5, 5.41) is 1.13. The molecule has 0 aliphatic carbocycles. The second-order valence-corrected chi connectivity index (χ2v) is 9.00. The monoisotopic (exact) mass is 420 g/mol. The first-order chi connectivity index (χ1) is 13.4. The Balaban J connectivity index is 1.98. The van der Waals surface area contributed by atoms with Gasteiger partial charge in [-0.25, -0.2) is 12.8 Å². The Hall–Kier alpha value is -2.22. The van der Waals surface area contributed by atoms with Gasteiger partial charge in [0, 0.05) is 29.7 Å². The van der Waals surface area contributed by atoms with E-state index in [-0.39, 0.29) is 9.79 Å². The molecule has 1 aliphatic rings. The molecule has 0 spiro atoms. The van der Waals surface area contributed by atoms with E-state index in [2.05, 4.69) is 4.98 Å². The summed E-state index contributed by atoms with van der Waals surface area (Å²) in [6.07, 6.45) is 1.34. The van der Waals surface area contributed by atoms with E-state index < -0.39 is 15.7 Å². The fraction of sp³-hybridized carbons (Fsp3) is 0.250. The van der Waals surface area contributed by atoms with Gasteiger partial charge in [-0.05, 0) is 42.8 Å². The minimum Gasteiger partial charge on any atom is -0.378 e. The second kappa shape index (κ2) is 7.31. The number of nitrogens with zero attached hydrogens (tertiary/aromatic N) is 2. The number of halogens is 2. The summed E-state index contributed by atoms with van der Waals surface area (Å²) in [5.74, 6) is -0.564. The summed E-state index contributed by atoms with van der Waals surface area (Å²) in [5.41, 5.74) is 1.55. The maximum Gasteiger partial charge on any atom is 0.210 e. The van der Waals surface area contributed by atoms with Gasteiger partial charge in [0.1, 0.15) is 10.7 Å². The number of sulfone groups is 1. The van der Waals surface area contributed by atoms with Gasteiger partial charge in [-0.15, -0.1) is 0 Å². The molecule has 4 rings (SSSR count). The van der Waals surface area contributed by atoms with E-state index in [1.165, 1.54) is 18.3 Å². The number of benzene rings is 2. The Morgan fingerprint density at radius 2 is 1.89 bits per heavy atom. The molecule has 146 valence electrons. The standard InChI is InChI=1S/C20H18ClFN2O3S/c1-13-2-4-15(11-17(13)22)28(25,26)19-12-23-18-5-3-14(21)10-16(18)20(19)24-6-8-27-9-7-24/h2-5,10-12H,6-9H2,1H3. The smallest absolute Gasteiger partial charge is 0.210 e. The third-order valence-electron chi connectivity index (χ3n) is 4.84. The molecule has 0 atom stereocenters. The van der Waals surface area contributed by atoms with Crippen molar-refractivity contribution in [3.8, 4) is 0 Å². The Labute approximate surface area is 167 Å². The summed E-state index contributed by atoms with van der Waals surface area (Å²) >= 11 is 6.18. The molecule has 0 bridgehead atoms. The first-order valence-electron chi connectivity index (χ1n) is 8.80. The molecular weight excluding hydrogens is 403 g/mol. The van der Waals surface area contributed by atoms with Gasteiger partial charge in [-0.1, -0.05) is 17.7 Å². The number of rotatable bonds is 3. The van der Waals surface area contributed by atoms with Gasteiger partial charge in [0.05, 0.1) is 29.3 Å². The van der Waals surface area contributed by atoms with Crippen LogP contribution in [0.1, 0.15) is 5.56 Å². The fourth-order valence-electron chi connectivity index (χ4n) is 3.31. The molecule has 0 radical (unpaired) electrons. The lowest BCUT2D eigenvalue weighted by atomic mass is 10.1. The molecule has 1 aromatic heterocycles. The number of aromatic nitrogens is 1. The van der Waals surface area contributed by atoms with Gasteiger partial charge < -0.3 is 9.64 Å². The van der Waals surface area contributed by atoms with Crippen LogP contribution in [0.5, 0.6) is 0 Å².